The Morgan fingerprint density at radius 3 is 2.33 bits per heavy atom. The molecule has 92 valence electrons. The normalized spacial score (nSPS) is 15.2. The molecule has 0 saturated carbocycles. The van der Waals surface area contributed by atoms with Crippen LogP contribution in [0.5, 0.6) is 0 Å². The average molecular weight is 214 g/mol. The Morgan fingerprint density at radius 1 is 1.13 bits per heavy atom. The van der Waals surface area contributed by atoms with Crippen LogP contribution in [0.2, 0.25) is 0 Å². The highest BCUT2D eigenvalue weighted by Gasteiger charge is 2.12. The van der Waals surface area contributed by atoms with Gasteiger partial charge in [-0.25, -0.2) is 0 Å². The van der Waals surface area contributed by atoms with E-state index in [4.69, 9.17) is 5.73 Å². The molecule has 0 aliphatic carbocycles. The fourth-order valence-corrected chi connectivity index (χ4v) is 2.07. The van der Waals surface area contributed by atoms with E-state index in [0.29, 0.717) is 6.04 Å². The number of hydrogen-bond donors (Lipinski definition) is 2. The molecule has 2 unspecified atom stereocenters. The Bertz CT molecular complexity index is 112. The fourth-order valence-electron chi connectivity index (χ4n) is 2.07. The van der Waals surface area contributed by atoms with Gasteiger partial charge < -0.3 is 11.1 Å². The molecule has 0 aliphatic rings. The predicted molar refractivity (Wildman–Crippen MR) is 69.1 cm³/mol. The van der Waals surface area contributed by atoms with Crippen molar-refractivity contribution in [1.82, 2.24) is 5.32 Å². The number of rotatable bonds is 10. The van der Waals surface area contributed by atoms with Crippen LogP contribution >= 0.6 is 0 Å². The fraction of sp³-hybridized carbons (Fsp3) is 1.00. The van der Waals surface area contributed by atoms with Gasteiger partial charge in [0.2, 0.25) is 0 Å². The minimum Gasteiger partial charge on any atom is -0.329 e. The van der Waals surface area contributed by atoms with Gasteiger partial charge in [0.05, 0.1) is 0 Å². The SMILES string of the molecule is CCCCC(CC)CC(CC)NCCN. The third-order valence-electron chi connectivity index (χ3n) is 3.23. The number of unbranched alkanes of at least 4 members (excludes halogenated alkanes) is 1. The molecule has 0 spiro atoms. The van der Waals surface area contributed by atoms with Crippen LogP contribution < -0.4 is 11.1 Å². The topological polar surface area (TPSA) is 38.0 Å². The van der Waals surface area contributed by atoms with Crippen molar-refractivity contribution in [2.75, 3.05) is 13.1 Å². The zero-order chi connectivity index (χ0) is 11.5. The molecule has 0 amide bonds. The summed E-state index contributed by atoms with van der Waals surface area (Å²) >= 11 is 0. The summed E-state index contributed by atoms with van der Waals surface area (Å²) in [4.78, 5) is 0. The van der Waals surface area contributed by atoms with Gasteiger partial charge in [-0.05, 0) is 18.8 Å². The summed E-state index contributed by atoms with van der Waals surface area (Å²) in [6.07, 6.45) is 7.97. The van der Waals surface area contributed by atoms with E-state index in [0.717, 1.165) is 19.0 Å². The molecule has 3 N–H and O–H groups in total. The van der Waals surface area contributed by atoms with Crippen LogP contribution in [0.15, 0.2) is 0 Å². The van der Waals surface area contributed by atoms with Gasteiger partial charge in [0.15, 0.2) is 0 Å². The van der Waals surface area contributed by atoms with E-state index >= 15 is 0 Å². The molecular formula is C13H30N2. The Kier molecular flexibility index (Phi) is 10.4. The lowest BCUT2D eigenvalue weighted by Gasteiger charge is -2.22. The van der Waals surface area contributed by atoms with E-state index in [2.05, 4.69) is 26.1 Å². The van der Waals surface area contributed by atoms with Crippen LogP contribution in [-0.4, -0.2) is 19.1 Å². The molecule has 0 rings (SSSR count). The maximum Gasteiger partial charge on any atom is 0.00770 e. The number of hydrogen-bond acceptors (Lipinski definition) is 2. The van der Waals surface area contributed by atoms with Crippen LogP contribution in [0, 0.1) is 5.92 Å². The molecule has 0 aromatic carbocycles. The quantitative estimate of drug-likeness (QED) is 0.587. The van der Waals surface area contributed by atoms with Gasteiger partial charge in [-0.2, -0.15) is 0 Å². The molecule has 15 heavy (non-hydrogen) atoms. The smallest absolute Gasteiger partial charge is 0.00770 e. The summed E-state index contributed by atoms with van der Waals surface area (Å²) < 4.78 is 0. The molecule has 0 saturated heterocycles. The summed E-state index contributed by atoms with van der Waals surface area (Å²) in [6.45, 7) is 8.57. The lowest BCUT2D eigenvalue weighted by molar-refractivity contribution is 0.345. The highest BCUT2D eigenvalue weighted by Crippen LogP contribution is 2.19. The summed E-state index contributed by atoms with van der Waals surface area (Å²) in [6, 6.07) is 0.676. The standard InChI is InChI=1S/C13H30N2/c1-4-7-8-12(5-2)11-13(6-3)15-10-9-14/h12-13,15H,4-11,14H2,1-3H3. The van der Waals surface area contributed by atoms with E-state index in [1.165, 1.54) is 38.5 Å². The Balaban J connectivity index is 3.77. The van der Waals surface area contributed by atoms with Crippen molar-refractivity contribution in [3.8, 4) is 0 Å². The van der Waals surface area contributed by atoms with E-state index < -0.39 is 0 Å². The van der Waals surface area contributed by atoms with Gasteiger partial charge in [0.25, 0.3) is 0 Å². The first-order chi connectivity index (χ1) is 7.28. The molecular weight excluding hydrogens is 184 g/mol. The van der Waals surface area contributed by atoms with Crippen molar-refractivity contribution >= 4 is 0 Å². The van der Waals surface area contributed by atoms with Crippen LogP contribution in [-0.2, 0) is 0 Å². The van der Waals surface area contributed by atoms with Gasteiger partial charge in [-0.1, -0.05) is 46.5 Å². The van der Waals surface area contributed by atoms with Crippen molar-refractivity contribution in [2.24, 2.45) is 11.7 Å². The van der Waals surface area contributed by atoms with Crippen LogP contribution in [0.4, 0.5) is 0 Å². The number of nitrogens with one attached hydrogen (secondary N) is 1. The van der Waals surface area contributed by atoms with Crippen molar-refractivity contribution in [3.63, 3.8) is 0 Å². The maximum absolute atomic E-state index is 5.51. The molecule has 0 aromatic rings. The highest BCUT2D eigenvalue weighted by atomic mass is 14.9. The van der Waals surface area contributed by atoms with Crippen LogP contribution in [0.3, 0.4) is 0 Å². The first kappa shape index (κ1) is 14.9. The summed E-state index contributed by atoms with van der Waals surface area (Å²) in [7, 11) is 0. The van der Waals surface area contributed by atoms with Gasteiger partial charge in [-0.15, -0.1) is 0 Å². The van der Waals surface area contributed by atoms with Gasteiger partial charge in [0, 0.05) is 19.1 Å². The zero-order valence-electron chi connectivity index (χ0n) is 10.9. The third kappa shape index (κ3) is 7.80. The largest absolute Gasteiger partial charge is 0.329 e. The lowest BCUT2D eigenvalue weighted by atomic mass is 9.91. The summed E-state index contributed by atoms with van der Waals surface area (Å²) in [5.41, 5.74) is 5.51. The second kappa shape index (κ2) is 10.4. The molecule has 0 bridgehead atoms. The summed E-state index contributed by atoms with van der Waals surface area (Å²) in [5.74, 6) is 0.903. The molecule has 2 heteroatoms. The second-order valence-corrected chi connectivity index (χ2v) is 4.50. The molecule has 0 heterocycles. The van der Waals surface area contributed by atoms with E-state index in [9.17, 15) is 0 Å². The Hall–Kier alpha value is -0.0800. The molecule has 2 atom stereocenters. The van der Waals surface area contributed by atoms with Crippen molar-refractivity contribution in [1.29, 1.82) is 0 Å². The van der Waals surface area contributed by atoms with E-state index in [1.807, 2.05) is 0 Å². The molecule has 2 nitrogen and oxygen atoms in total. The Morgan fingerprint density at radius 2 is 1.87 bits per heavy atom. The van der Waals surface area contributed by atoms with Crippen LogP contribution in [0.1, 0.15) is 59.3 Å². The van der Waals surface area contributed by atoms with Gasteiger partial charge >= 0.3 is 0 Å². The minimum atomic E-state index is 0.676. The van der Waals surface area contributed by atoms with Gasteiger partial charge in [-0.3, -0.25) is 0 Å². The molecule has 0 aromatic heterocycles. The molecule has 0 aliphatic heterocycles. The molecule has 0 fully saturated rings. The lowest BCUT2D eigenvalue weighted by Crippen LogP contribution is -2.34. The first-order valence-corrected chi connectivity index (χ1v) is 6.71. The second-order valence-electron chi connectivity index (χ2n) is 4.50. The van der Waals surface area contributed by atoms with Crippen molar-refractivity contribution in [3.05, 3.63) is 0 Å². The van der Waals surface area contributed by atoms with Crippen molar-refractivity contribution in [2.45, 2.75) is 65.3 Å². The van der Waals surface area contributed by atoms with E-state index in [-0.39, 0.29) is 0 Å². The summed E-state index contributed by atoms with van der Waals surface area (Å²) in [5, 5.41) is 3.54. The Labute approximate surface area is 96.0 Å². The third-order valence-corrected chi connectivity index (χ3v) is 3.23. The maximum atomic E-state index is 5.51. The average Bonchev–Trinajstić information content (AvgIpc) is 2.28. The van der Waals surface area contributed by atoms with E-state index in [1.54, 1.807) is 0 Å². The van der Waals surface area contributed by atoms with Crippen LogP contribution in [0.25, 0.3) is 0 Å². The first-order valence-electron chi connectivity index (χ1n) is 6.71. The van der Waals surface area contributed by atoms with Gasteiger partial charge in [0.1, 0.15) is 0 Å². The highest BCUT2D eigenvalue weighted by molar-refractivity contribution is 4.70. The minimum absolute atomic E-state index is 0.676. The zero-order valence-corrected chi connectivity index (χ0v) is 10.9. The van der Waals surface area contributed by atoms with Crippen molar-refractivity contribution < 1.29 is 0 Å². The molecule has 0 radical (unpaired) electrons. The predicted octanol–water partition coefficient (Wildman–Crippen LogP) is 2.92. The monoisotopic (exact) mass is 214 g/mol. The number of nitrogens with two attached hydrogens (primary N) is 1.